The minimum atomic E-state index is 0.206. The first-order valence-electron chi connectivity index (χ1n) is 11.2. The third kappa shape index (κ3) is 3.60. The molecule has 6 heteroatoms. The summed E-state index contributed by atoms with van der Waals surface area (Å²) in [5, 5.41) is 2.11. The predicted octanol–water partition coefficient (Wildman–Crippen LogP) is 4.37. The predicted molar refractivity (Wildman–Crippen MR) is 125 cm³/mol. The number of amides is 1. The number of para-hydroxylation sites is 1. The summed E-state index contributed by atoms with van der Waals surface area (Å²) < 4.78 is 5.44. The summed E-state index contributed by atoms with van der Waals surface area (Å²) in [6.07, 6.45) is 3.38. The van der Waals surface area contributed by atoms with E-state index in [-0.39, 0.29) is 5.91 Å². The second-order valence-corrected chi connectivity index (χ2v) is 9.08. The van der Waals surface area contributed by atoms with Crippen molar-refractivity contribution < 1.29 is 9.53 Å². The molecule has 5 rings (SSSR count). The first-order valence-corrected chi connectivity index (χ1v) is 12.0. The summed E-state index contributed by atoms with van der Waals surface area (Å²) in [7, 11) is 3.66. The molecular weight excluding hydrogens is 394 g/mol. The van der Waals surface area contributed by atoms with Crippen LogP contribution in [0.5, 0.6) is 5.75 Å². The van der Waals surface area contributed by atoms with Gasteiger partial charge in [-0.2, -0.15) is 0 Å². The van der Waals surface area contributed by atoms with Crippen LogP contribution in [-0.2, 0) is 11.2 Å². The van der Waals surface area contributed by atoms with Gasteiger partial charge in [0.05, 0.1) is 25.0 Å². The highest BCUT2D eigenvalue weighted by Gasteiger charge is 2.46. The SMILES string of the molecule is CC.COc1ccsc1CCCN1CCC2C(C1)c1cccc3c1N2CC(=O)N3C. The van der Waals surface area contributed by atoms with Crippen LogP contribution in [-0.4, -0.2) is 57.2 Å². The van der Waals surface area contributed by atoms with E-state index in [2.05, 4.69) is 39.4 Å². The Morgan fingerprint density at radius 1 is 1.23 bits per heavy atom. The molecule has 1 aromatic carbocycles. The average molecular weight is 428 g/mol. The number of fused-ring (bicyclic) bond motifs is 3. The lowest BCUT2D eigenvalue weighted by Gasteiger charge is -2.41. The maximum absolute atomic E-state index is 12.5. The summed E-state index contributed by atoms with van der Waals surface area (Å²) in [5.74, 6) is 1.75. The topological polar surface area (TPSA) is 36.0 Å². The van der Waals surface area contributed by atoms with Crippen molar-refractivity contribution in [2.24, 2.45) is 0 Å². The van der Waals surface area contributed by atoms with Gasteiger partial charge in [0.1, 0.15) is 5.75 Å². The van der Waals surface area contributed by atoms with Gasteiger partial charge in [-0.15, -0.1) is 11.3 Å². The Morgan fingerprint density at radius 3 is 2.87 bits per heavy atom. The molecule has 2 aromatic rings. The molecule has 3 aliphatic rings. The number of hydrogen-bond acceptors (Lipinski definition) is 5. The van der Waals surface area contributed by atoms with E-state index in [1.165, 1.54) is 16.1 Å². The number of methoxy groups -OCH3 is 1. The molecule has 0 bridgehead atoms. The fraction of sp³-hybridized carbons (Fsp3) is 0.542. The normalized spacial score (nSPS) is 22.3. The van der Waals surface area contributed by atoms with Crippen LogP contribution in [0.1, 0.15) is 43.0 Å². The van der Waals surface area contributed by atoms with Crippen LogP contribution in [0.4, 0.5) is 11.4 Å². The number of nitrogens with zero attached hydrogens (tertiary/aromatic N) is 3. The molecule has 2 unspecified atom stereocenters. The van der Waals surface area contributed by atoms with Crippen LogP contribution in [0.15, 0.2) is 29.6 Å². The summed E-state index contributed by atoms with van der Waals surface area (Å²) in [5.41, 5.74) is 3.83. The number of benzene rings is 1. The molecule has 4 heterocycles. The Labute approximate surface area is 184 Å². The van der Waals surface area contributed by atoms with E-state index in [9.17, 15) is 4.79 Å². The molecule has 0 saturated carbocycles. The van der Waals surface area contributed by atoms with Crippen LogP contribution in [0.3, 0.4) is 0 Å². The van der Waals surface area contributed by atoms with Crippen molar-refractivity contribution in [1.29, 1.82) is 0 Å². The minimum absolute atomic E-state index is 0.206. The molecule has 162 valence electrons. The number of likely N-dealkylation sites (N-methyl/N-ethyl adjacent to an activating group) is 1. The smallest absolute Gasteiger partial charge is 0.246 e. The van der Waals surface area contributed by atoms with E-state index >= 15 is 0 Å². The molecule has 1 aromatic heterocycles. The van der Waals surface area contributed by atoms with Crippen LogP contribution in [0.25, 0.3) is 0 Å². The van der Waals surface area contributed by atoms with Gasteiger partial charge in [-0.05, 0) is 48.9 Å². The summed E-state index contributed by atoms with van der Waals surface area (Å²) in [4.78, 5) is 20.7. The Kier molecular flexibility index (Phi) is 6.34. The number of ether oxygens (including phenoxy) is 1. The lowest BCUT2D eigenvalue weighted by Crippen LogP contribution is -2.51. The number of carbonyl (C=O) groups excluding carboxylic acids is 1. The number of aryl methyl sites for hydroxylation is 1. The van der Waals surface area contributed by atoms with E-state index in [0.29, 0.717) is 18.5 Å². The number of anilines is 2. The van der Waals surface area contributed by atoms with Gasteiger partial charge < -0.3 is 19.4 Å². The highest BCUT2D eigenvalue weighted by Crippen LogP contribution is 2.50. The van der Waals surface area contributed by atoms with Gasteiger partial charge in [0.2, 0.25) is 5.91 Å². The van der Waals surface area contributed by atoms with Gasteiger partial charge in [-0.1, -0.05) is 26.0 Å². The van der Waals surface area contributed by atoms with Crippen LogP contribution < -0.4 is 14.5 Å². The van der Waals surface area contributed by atoms with Gasteiger partial charge >= 0.3 is 0 Å². The number of hydrogen-bond donors (Lipinski definition) is 0. The van der Waals surface area contributed by atoms with Gasteiger partial charge in [-0.3, -0.25) is 4.79 Å². The fourth-order valence-electron chi connectivity index (χ4n) is 5.22. The molecule has 0 N–H and O–H groups in total. The molecule has 5 nitrogen and oxygen atoms in total. The minimum Gasteiger partial charge on any atom is -0.496 e. The summed E-state index contributed by atoms with van der Waals surface area (Å²) in [6, 6.07) is 9.02. The lowest BCUT2D eigenvalue weighted by atomic mass is 9.89. The largest absolute Gasteiger partial charge is 0.496 e. The zero-order valence-corrected chi connectivity index (χ0v) is 19.4. The number of piperidine rings is 1. The maximum atomic E-state index is 12.5. The van der Waals surface area contributed by atoms with Crippen LogP contribution in [0, 0.1) is 0 Å². The van der Waals surface area contributed by atoms with Crippen molar-refractivity contribution in [2.75, 3.05) is 50.1 Å². The molecule has 30 heavy (non-hydrogen) atoms. The summed E-state index contributed by atoms with van der Waals surface area (Å²) >= 11 is 1.79. The lowest BCUT2D eigenvalue weighted by molar-refractivity contribution is -0.117. The zero-order valence-electron chi connectivity index (χ0n) is 18.6. The first kappa shape index (κ1) is 21.2. The highest BCUT2D eigenvalue weighted by molar-refractivity contribution is 7.10. The quantitative estimate of drug-likeness (QED) is 0.710. The molecule has 3 aliphatic heterocycles. The van der Waals surface area contributed by atoms with Gasteiger partial charge in [-0.25, -0.2) is 0 Å². The monoisotopic (exact) mass is 427 g/mol. The van der Waals surface area contributed by atoms with Gasteiger partial charge in [0, 0.05) is 37.0 Å². The molecule has 0 aliphatic carbocycles. The molecule has 0 radical (unpaired) electrons. The Balaban J connectivity index is 0.00000106. The van der Waals surface area contributed by atoms with E-state index in [1.807, 2.05) is 25.8 Å². The molecule has 0 spiro atoms. The first-order chi connectivity index (χ1) is 14.7. The number of likely N-dealkylation sites (tertiary alicyclic amines) is 1. The molecule has 1 fully saturated rings. The summed E-state index contributed by atoms with van der Waals surface area (Å²) in [6.45, 7) is 7.86. The van der Waals surface area contributed by atoms with Gasteiger partial charge in [0.15, 0.2) is 0 Å². The number of thiophene rings is 1. The Hall–Kier alpha value is -2.05. The molecular formula is C24H33N3O2S. The average Bonchev–Trinajstić information content (AvgIpc) is 3.36. The molecule has 1 saturated heterocycles. The second-order valence-electron chi connectivity index (χ2n) is 8.07. The maximum Gasteiger partial charge on any atom is 0.246 e. The molecule has 2 atom stereocenters. The third-order valence-corrected chi connectivity index (χ3v) is 7.60. The standard InChI is InChI=1S/C22H27N3O2S.C2H6/c1-23-18-6-3-5-15-16-13-24(10-4-7-20-19(27-2)9-12-28-20)11-8-17(16)25(22(15)18)14-21(23)26;1-2/h3,5-6,9,12,16-17H,4,7-8,10-11,13-14H2,1-2H3;1-2H3. The fourth-order valence-corrected chi connectivity index (χ4v) is 6.11. The van der Waals surface area contributed by atoms with Crippen molar-refractivity contribution in [1.82, 2.24) is 4.90 Å². The van der Waals surface area contributed by atoms with Crippen molar-refractivity contribution in [3.05, 3.63) is 40.1 Å². The highest BCUT2D eigenvalue weighted by atomic mass is 32.1. The molecule has 1 amide bonds. The Morgan fingerprint density at radius 2 is 2.07 bits per heavy atom. The van der Waals surface area contributed by atoms with Crippen molar-refractivity contribution in [2.45, 2.75) is 45.1 Å². The second kappa shape index (κ2) is 8.98. The van der Waals surface area contributed by atoms with E-state index in [1.54, 1.807) is 18.4 Å². The van der Waals surface area contributed by atoms with Crippen molar-refractivity contribution in [3.63, 3.8) is 0 Å². The van der Waals surface area contributed by atoms with Crippen LogP contribution >= 0.6 is 11.3 Å². The van der Waals surface area contributed by atoms with Crippen LogP contribution in [0.2, 0.25) is 0 Å². The number of rotatable bonds is 5. The Bertz CT molecular complexity index is 896. The van der Waals surface area contributed by atoms with E-state index in [4.69, 9.17) is 4.74 Å². The number of carbonyl (C=O) groups is 1. The zero-order chi connectivity index (χ0) is 21.3. The third-order valence-electron chi connectivity index (χ3n) is 6.64. The van der Waals surface area contributed by atoms with Crippen molar-refractivity contribution in [3.8, 4) is 5.75 Å². The van der Waals surface area contributed by atoms with Gasteiger partial charge in [0.25, 0.3) is 0 Å². The van der Waals surface area contributed by atoms with Crippen molar-refractivity contribution >= 4 is 28.6 Å². The van der Waals surface area contributed by atoms with E-state index in [0.717, 1.165) is 50.3 Å². The van der Waals surface area contributed by atoms with E-state index < -0.39 is 0 Å².